The molecule has 0 saturated carbocycles. The predicted octanol–water partition coefficient (Wildman–Crippen LogP) is 4.81. The van der Waals surface area contributed by atoms with Gasteiger partial charge in [0, 0.05) is 13.1 Å². The summed E-state index contributed by atoms with van der Waals surface area (Å²) in [5, 5.41) is 11.0. The number of H-pyrrole nitrogens is 1. The van der Waals surface area contributed by atoms with Crippen molar-refractivity contribution in [2.45, 2.75) is 44.4 Å². The minimum absolute atomic E-state index is 0.359. The van der Waals surface area contributed by atoms with Gasteiger partial charge >= 0.3 is 6.18 Å². The van der Waals surface area contributed by atoms with Gasteiger partial charge in [0.15, 0.2) is 0 Å². The highest BCUT2D eigenvalue weighted by Gasteiger charge is 2.36. The van der Waals surface area contributed by atoms with Gasteiger partial charge in [-0.1, -0.05) is 24.3 Å². The molecule has 1 aliphatic rings. The number of halogens is 3. The van der Waals surface area contributed by atoms with E-state index in [0.717, 1.165) is 48.4 Å². The molecule has 1 aliphatic heterocycles. The van der Waals surface area contributed by atoms with Gasteiger partial charge in [0.2, 0.25) is 0 Å². The molecule has 0 amide bonds. The van der Waals surface area contributed by atoms with Crippen LogP contribution in [0.5, 0.6) is 0 Å². The van der Waals surface area contributed by atoms with E-state index in [1.165, 1.54) is 11.6 Å². The summed E-state index contributed by atoms with van der Waals surface area (Å²) in [7, 11) is 0. The maximum absolute atomic E-state index is 13.0. The number of fused-ring (bicyclic) bond motifs is 1. The van der Waals surface area contributed by atoms with Crippen LogP contribution < -0.4 is 0 Å². The molecule has 1 saturated heterocycles. The number of aromatic nitrogens is 2. The standard InChI is InChI=1S/C23H26F3N3O/c1-16-27-20-9-2-5-17(21(20)28-16)6-4-12-29-13-10-22(30,11-14-29)18-7-3-8-19(15-18)23(24,25)26/h2-3,5,7-9,15,30H,4,6,10-14H2,1H3,(H,27,28). The van der Waals surface area contributed by atoms with Crippen LogP contribution in [-0.4, -0.2) is 39.6 Å². The molecule has 4 rings (SSSR count). The van der Waals surface area contributed by atoms with Gasteiger partial charge in [0.05, 0.1) is 22.2 Å². The highest BCUT2D eigenvalue weighted by Crippen LogP contribution is 2.36. The van der Waals surface area contributed by atoms with E-state index in [1.54, 1.807) is 6.07 Å². The van der Waals surface area contributed by atoms with Crippen molar-refractivity contribution in [2.24, 2.45) is 0 Å². The molecule has 2 N–H and O–H groups in total. The molecule has 0 spiro atoms. The van der Waals surface area contributed by atoms with Crippen LogP contribution in [-0.2, 0) is 18.2 Å². The van der Waals surface area contributed by atoms with Crippen molar-refractivity contribution < 1.29 is 18.3 Å². The smallest absolute Gasteiger partial charge is 0.385 e. The maximum atomic E-state index is 13.0. The van der Waals surface area contributed by atoms with Gasteiger partial charge in [-0.2, -0.15) is 13.2 Å². The Balaban J connectivity index is 1.33. The summed E-state index contributed by atoms with van der Waals surface area (Å²) in [6.07, 6.45) is -1.66. The molecule has 1 fully saturated rings. The van der Waals surface area contributed by atoms with Crippen molar-refractivity contribution in [2.75, 3.05) is 19.6 Å². The van der Waals surface area contributed by atoms with Gasteiger partial charge < -0.3 is 15.0 Å². The first-order valence-corrected chi connectivity index (χ1v) is 10.3. The number of hydrogen-bond donors (Lipinski definition) is 2. The third-order valence-corrected chi connectivity index (χ3v) is 6.05. The highest BCUT2D eigenvalue weighted by molar-refractivity contribution is 5.78. The lowest BCUT2D eigenvalue weighted by atomic mass is 9.83. The number of benzene rings is 2. The molecule has 1 aromatic heterocycles. The molecule has 4 nitrogen and oxygen atoms in total. The third-order valence-electron chi connectivity index (χ3n) is 6.05. The lowest BCUT2D eigenvalue weighted by molar-refractivity contribution is -0.137. The van der Waals surface area contributed by atoms with E-state index < -0.39 is 17.3 Å². The molecule has 0 atom stereocenters. The number of alkyl halides is 3. The van der Waals surface area contributed by atoms with Crippen molar-refractivity contribution in [1.29, 1.82) is 0 Å². The largest absolute Gasteiger partial charge is 0.416 e. The van der Waals surface area contributed by atoms with Gasteiger partial charge in [-0.05, 0) is 68.5 Å². The Morgan fingerprint density at radius 2 is 1.87 bits per heavy atom. The molecule has 0 bridgehead atoms. The molecule has 30 heavy (non-hydrogen) atoms. The number of aliphatic hydroxyl groups is 1. The SMILES string of the molecule is Cc1nc2c(CCCN3CCC(O)(c4cccc(C(F)(F)F)c4)CC3)cccc2[nH]1. The third kappa shape index (κ3) is 4.37. The predicted molar refractivity (Wildman–Crippen MR) is 110 cm³/mol. The van der Waals surface area contributed by atoms with Crippen LogP contribution in [0.25, 0.3) is 11.0 Å². The van der Waals surface area contributed by atoms with Crippen molar-refractivity contribution in [3.05, 3.63) is 65.0 Å². The summed E-state index contributed by atoms with van der Waals surface area (Å²) >= 11 is 0. The number of rotatable bonds is 5. The quantitative estimate of drug-likeness (QED) is 0.627. The number of likely N-dealkylation sites (tertiary alicyclic amines) is 1. The summed E-state index contributed by atoms with van der Waals surface area (Å²) < 4.78 is 39.0. The molecular weight excluding hydrogens is 391 g/mol. The Kier molecular flexibility index (Phi) is 5.59. The highest BCUT2D eigenvalue weighted by atomic mass is 19.4. The number of nitrogens with zero attached hydrogens (tertiary/aromatic N) is 2. The van der Waals surface area contributed by atoms with Crippen LogP contribution >= 0.6 is 0 Å². The second-order valence-electron chi connectivity index (χ2n) is 8.19. The zero-order valence-electron chi connectivity index (χ0n) is 17.0. The molecule has 160 valence electrons. The normalized spacial score (nSPS) is 17.5. The van der Waals surface area contributed by atoms with Gasteiger partial charge in [0.1, 0.15) is 5.82 Å². The van der Waals surface area contributed by atoms with Crippen LogP contribution in [0.3, 0.4) is 0 Å². The van der Waals surface area contributed by atoms with Crippen molar-refractivity contribution in [3.63, 3.8) is 0 Å². The summed E-state index contributed by atoms with van der Waals surface area (Å²) in [5.74, 6) is 0.905. The fraction of sp³-hybridized carbons (Fsp3) is 0.435. The van der Waals surface area contributed by atoms with Gasteiger partial charge in [-0.25, -0.2) is 4.98 Å². The molecule has 0 aliphatic carbocycles. The second kappa shape index (κ2) is 8.04. The number of para-hydroxylation sites is 1. The molecular formula is C23H26F3N3O. The molecule has 3 aromatic rings. The van der Waals surface area contributed by atoms with E-state index in [0.29, 0.717) is 31.5 Å². The van der Waals surface area contributed by atoms with Crippen molar-refractivity contribution in [3.8, 4) is 0 Å². The summed E-state index contributed by atoms with van der Waals surface area (Å²) in [5.41, 5.74) is 1.74. The molecule has 7 heteroatoms. The van der Waals surface area contributed by atoms with Crippen LogP contribution in [0, 0.1) is 6.92 Å². The van der Waals surface area contributed by atoms with Crippen LogP contribution in [0.4, 0.5) is 13.2 Å². The fourth-order valence-corrected chi connectivity index (χ4v) is 4.33. The number of aromatic amines is 1. The lowest BCUT2D eigenvalue weighted by Gasteiger charge is -2.38. The number of aryl methyl sites for hydroxylation is 2. The van der Waals surface area contributed by atoms with E-state index in [1.807, 2.05) is 19.1 Å². The zero-order valence-corrected chi connectivity index (χ0v) is 17.0. The average molecular weight is 417 g/mol. The number of piperidine rings is 1. The minimum Gasteiger partial charge on any atom is -0.385 e. The van der Waals surface area contributed by atoms with Crippen LogP contribution in [0.1, 0.15) is 41.8 Å². The Morgan fingerprint density at radius 1 is 1.13 bits per heavy atom. The van der Waals surface area contributed by atoms with E-state index in [4.69, 9.17) is 0 Å². The first kappa shape index (κ1) is 20.9. The van der Waals surface area contributed by atoms with Crippen molar-refractivity contribution in [1.82, 2.24) is 14.9 Å². The Bertz CT molecular complexity index is 1020. The Labute approximate surface area is 173 Å². The number of imidazole rings is 1. The maximum Gasteiger partial charge on any atom is 0.416 e. The van der Waals surface area contributed by atoms with Crippen LogP contribution in [0.15, 0.2) is 42.5 Å². The van der Waals surface area contributed by atoms with E-state index in [9.17, 15) is 18.3 Å². The molecule has 2 aromatic carbocycles. The monoisotopic (exact) mass is 417 g/mol. The number of hydrogen-bond acceptors (Lipinski definition) is 3. The molecule has 0 radical (unpaired) electrons. The average Bonchev–Trinajstić information content (AvgIpc) is 3.10. The molecule has 0 unspecified atom stereocenters. The second-order valence-corrected chi connectivity index (χ2v) is 8.19. The van der Waals surface area contributed by atoms with Crippen molar-refractivity contribution >= 4 is 11.0 Å². The first-order chi connectivity index (χ1) is 14.2. The topological polar surface area (TPSA) is 52.1 Å². The van der Waals surface area contributed by atoms with E-state index >= 15 is 0 Å². The first-order valence-electron chi connectivity index (χ1n) is 10.3. The summed E-state index contributed by atoms with van der Waals surface area (Å²) in [6.45, 7) is 4.17. The van der Waals surface area contributed by atoms with Gasteiger partial charge in [-0.3, -0.25) is 0 Å². The zero-order chi connectivity index (χ0) is 21.4. The van der Waals surface area contributed by atoms with E-state index in [-0.39, 0.29) is 0 Å². The Hall–Kier alpha value is -2.38. The minimum atomic E-state index is -4.40. The number of nitrogens with one attached hydrogen (secondary N) is 1. The molecule has 2 heterocycles. The van der Waals surface area contributed by atoms with Gasteiger partial charge in [-0.15, -0.1) is 0 Å². The Morgan fingerprint density at radius 3 is 2.60 bits per heavy atom. The van der Waals surface area contributed by atoms with E-state index in [2.05, 4.69) is 20.9 Å². The summed E-state index contributed by atoms with van der Waals surface area (Å²) in [6, 6.07) is 11.3. The van der Waals surface area contributed by atoms with Gasteiger partial charge in [0.25, 0.3) is 0 Å². The summed E-state index contributed by atoms with van der Waals surface area (Å²) in [4.78, 5) is 10.1. The van der Waals surface area contributed by atoms with Crippen LogP contribution in [0.2, 0.25) is 0 Å². The fourth-order valence-electron chi connectivity index (χ4n) is 4.33. The lowest BCUT2D eigenvalue weighted by Crippen LogP contribution is -2.43.